The van der Waals surface area contributed by atoms with Crippen LogP contribution in [-0.2, 0) is 5.41 Å². The summed E-state index contributed by atoms with van der Waals surface area (Å²) >= 11 is 0. The summed E-state index contributed by atoms with van der Waals surface area (Å²) in [6.45, 7) is 1.70. The summed E-state index contributed by atoms with van der Waals surface area (Å²) in [7, 11) is 0. The van der Waals surface area contributed by atoms with E-state index in [1.54, 1.807) is 13.1 Å². The molecule has 0 bridgehead atoms. The maximum absolute atomic E-state index is 12.9. The first-order valence-corrected chi connectivity index (χ1v) is 12.2. The molecule has 2 heterocycles. The lowest BCUT2D eigenvalue weighted by atomic mass is 9.64. The van der Waals surface area contributed by atoms with Crippen LogP contribution in [0.3, 0.4) is 0 Å². The Bertz CT molecular complexity index is 1720. The maximum atomic E-state index is 12.9. The molecule has 0 aliphatic rings. The molecule has 0 unspecified atom stereocenters. The van der Waals surface area contributed by atoms with E-state index in [1.807, 2.05) is 30.5 Å². The molecule has 0 radical (unpaired) electrons. The van der Waals surface area contributed by atoms with Crippen molar-refractivity contribution in [3.05, 3.63) is 170 Å². The quantitative estimate of drug-likeness (QED) is 0.309. The second-order valence-corrected chi connectivity index (χ2v) is 9.22. The van der Waals surface area contributed by atoms with Crippen LogP contribution in [0, 0.1) is 6.92 Å². The Morgan fingerprint density at radius 2 is 1.24 bits per heavy atom. The fourth-order valence-electron chi connectivity index (χ4n) is 5.39. The van der Waals surface area contributed by atoms with E-state index in [0.717, 1.165) is 33.2 Å². The van der Waals surface area contributed by atoms with Gasteiger partial charge in [0, 0.05) is 28.9 Å². The molecule has 5 nitrogen and oxygen atoms in total. The lowest BCUT2D eigenvalue weighted by Gasteiger charge is -2.37. The van der Waals surface area contributed by atoms with Gasteiger partial charge in [0.25, 0.3) is 5.56 Å². The van der Waals surface area contributed by atoms with Gasteiger partial charge in [0.1, 0.15) is 0 Å². The average Bonchev–Trinajstić information content (AvgIpc) is 3.42. The van der Waals surface area contributed by atoms with Gasteiger partial charge in [-0.3, -0.25) is 14.3 Å². The van der Waals surface area contributed by atoms with Gasteiger partial charge >= 0.3 is 5.69 Å². The number of fused-ring (bicyclic) bond motifs is 1. The van der Waals surface area contributed by atoms with E-state index >= 15 is 0 Å². The third-order valence-electron chi connectivity index (χ3n) is 7.08. The standard InChI is InChI=1S/C32H25N3O2/c1-22-21-35(31(37)34-30(22)36)26-19-28(27-17-18-33-29(27)20-26)32(23-11-5-2-6-12-23,24-13-7-3-8-14-24)25-15-9-4-10-16-25/h2-21,33H,1H3,(H,34,36,37). The number of rotatable bonds is 5. The zero-order chi connectivity index (χ0) is 25.4. The predicted octanol–water partition coefficient (Wildman–Crippen LogP) is 5.70. The molecule has 2 aromatic heterocycles. The molecule has 0 fully saturated rings. The van der Waals surface area contributed by atoms with Crippen molar-refractivity contribution in [2.45, 2.75) is 12.3 Å². The highest BCUT2D eigenvalue weighted by atomic mass is 16.2. The highest BCUT2D eigenvalue weighted by Crippen LogP contribution is 2.47. The van der Waals surface area contributed by atoms with Gasteiger partial charge in [-0.2, -0.15) is 0 Å². The van der Waals surface area contributed by atoms with Crippen LogP contribution in [0.25, 0.3) is 16.6 Å². The fraction of sp³-hybridized carbons (Fsp3) is 0.0625. The number of aromatic amines is 2. The molecule has 2 N–H and O–H groups in total. The molecule has 0 saturated heterocycles. The van der Waals surface area contributed by atoms with Crippen LogP contribution in [0.4, 0.5) is 0 Å². The third kappa shape index (κ3) is 3.64. The molecule has 0 aliphatic heterocycles. The van der Waals surface area contributed by atoms with Crippen LogP contribution in [0.2, 0.25) is 0 Å². The van der Waals surface area contributed by atoms with Crippen molar-refractivity contribution in [2.24, 2.45) is 0 Å². The lowest BCUT2D eigenvalue weighted by Crippen LogP contribution is -2.32. The van der Waals surface area contributed by atoms with Crippen molar-refractivity contribution in [3.63, 3.8) is 0 Å². The van der Waals surface area contributed by atoms with Crippen LogP contribution in [0.15, 0.2) is 131 Å². The highest BCUT2D eigenvalue weighted by Gasteiger charge is 2.40. The number of H-pyrrole nitrogens is 2. The molecule has 0 amide bonds. The second-order valence-electron chi connectivity index (χ2n) is 9.22. The Morgan fingerprint density at radius 1 is 0.703 bits per heavy atom. The largest absolute Gasteiger partial charge is 0.361 e. The van der Waals surface area contributed by atoms with Crippen molar-refractivity contribution in [1.82, 2.24) is 14.5 Å². The first-order valence-electron chi connectivity index (χ1n) is 12.2. The molecule has 0 aliphatic carbocycles. The topological polar surface area (TPSA) is 70.7 Å². The molecule has 180 valence electrons. The number of nitrogens with one attached hydrogen (secondary N) is 2. The van der Waals surface area contributed by atoms with Crippen molar-refractivity contribution < 1.29 is 0 Å². The zero-order valence-corrected chi connectivity index (χ0v) is 20.3. The smallest absolute Gasteiger partial charge is 0.332 e. The van der Waals surface area contributed by atoms with E-state index in [-0.39, 0.29) is 5.56 Å². The Balaban J connectivity index is 1.80. The number of aryl methyl sites for hydroxylation is 1. The van der Waals surface area contributed by atoms with Gasteiger partial charge in [-0.25, -0.2) is 4.79 Å². The van der Waals surface area contributed by atoms with Crippen LogP contribution >= 0.6 is 0 Å². The number of nitrogens with zero attached hydrogens (tertiary/aromatic N) is 1. The Labute approximate surface area is 213 Å². The van der Waals surface area contributed by atoms with Crippen LogP contribution < -0.4 is 11.2 Å². The number of aromatic nitrogens is 3. The minimum absolute atomic E-state index is 0.380. The SMILES string of the molecule is Cc1cn(-c2cc(C(c3ccccc3)(c3ccccc3)c3ccccc3)c3cc[nH]c3c2)c(=O)[nH]c1=O. The van der Waals surface area contributed by atoms with Gasteiger partial charge < -0.3 is 4.98 Å². The maximum Gasteiger partial charge on any atom is 0.332 e. The van der Waals surface area contributed by atoms with Crippen molar-refractivity contribution in [3.8, 4) is 5.69 Å². The number of hydrogen-bond acceptors (Lipinski definition) is 2. The van der Waals surface area contributed by atoms with E-state index in [2.05, 4.69) is 94.9 Å². The first kappa shape index (κ1) is 22.6. The summed E-state index contributed by atoms with van der Waals surface area (Å²) in [5, 5.41) is 1.05. The summed E-state index contributed by atoms with van der Waals surface area (Å²) in [6, 6.07) is 37.5. The van der Waals surface area contributed by atoms with Gasteiger partial charge in [0.15, 0.2) is 0 Å². The van der Waals surface area contributed by atoms with E-state index in [9.17, 15) is 9.59 Å². The van der Waals surface area contributed by atoms with Crippen LogP contribution in [0.5, 0.6) is 0 Å². The van der Waals surface area contributed by atoms with Crippen molar-refractivity contribution in [1.29, 1.82) is 0 Å². The minimum Gasteiger partial charge on any atom is -0.361 e. The normalized spacial score (nSPS) is 11.6. The van der Waals surface area contributed by atoms with Crippen LogP contribution in [-0.4, -0.2) is 14.5 Å². The lowest BCUT2D eigenvalue weighted by molar-refractivity contribution is 0.750. The van der Waals surface area contributed by atoms with E-state index in [0.29, 0.717) is 11.3 Å². The number of benzene rings is 4. The summed E-state index contributed by atoms with van der Waals surface area (Å²) in [4.78, 5) is 30.8. The predicted molar refractivity (Wildman–Crippen MR) is 148 cm³/mol. The summed E-state index contributed by atoms with van der Waals surface area (Å²) < 4.78 is 1.51. The van der Waals surface area contributed by atoms with Crippen molar-refractivity contribution >= 4 is 10.9 Å². The van der Waals surface area contributed by atoms with Gasteiger partial charge in [-0.15, -0.1) is 0 Å². The van der Waals surface area contributed by atoms with Gasteiger partial charge in [-0.1, -0.05) is 91.0 Å². The summed E-state index contributed by atoms with van der Waals surface area (Å²) in [5.74, 6) is 0. The second kappa shape index (κ2) is 8.95. The van der Waals surface area contributed by atoms with Crippen molar-refractivity contribution in [2.75, 3.05) is 0 Å². The molecule has 5 heteroatoms. The fourth-order valence-corrected chi connectivity index (χ4v) is 5.39. The molecule has 0 spiro atoms. The van der Waals surface area contributed by atoms with Gasteiger partial charge in [0.2, 0.25) is 0 Å². The molecule has 0 atom stereocenters. The molecule has 6 rings (SSSR count). The molecular weight excluding hydrogens is 458 g/mol. The molecule has 4 aromatic carbocycles. The zero-order valence-electron chi connectivity index (χ0n) is 20.3. The van der Waals surface area contributed by atoms with E-state index in [1.165, 1.54) is 4.57 Å². The average molecular weight is 484 g/mol. The Hall–Kier alpha value is -4.90. The Morgan fingerprint density at radius 3 is 1.78 bits per heavy atom. The Kier molecular flexibility index (Phi) is 5.46. The molecular formula is C32H25N3O2. The highest BCUT2D eigenvalue weighted by molar-refractivity contribution is 5.89. The molecule has 6 aromatic rings. The van der Waals surface area contributed by atoms with Gasteiger partial charge in [0.05, 0.1) is 11.1 Å². The minimum atomic E-state index is -0.679. The molecule has 0 saturated carbocycles. The number of hydrogen-bond donors (Lipinski definition) is 2. The van der Waals surface area contributed by atoms with Crippen LogP contribution in [0.1, 0.15) is 27.8 Å². The summed E-state index contributed by atoms with van der Waals surface area (Å²) in [6.07, 6.45) is 3.52. The first-order chi connectivity index (χ1) is 18.1. The van der Waals surface area contributed by atoms with E-state index < -0.39 is 11.1 Å². The molecule has 37 heavy (non-hydrogen) atoms. The third-order valence-corrected chi connectivity index (χ3v) is 7.08. The monoisotopic (exact) mass is 483 g/mol. The van der Waals surface area contributed by atoms with E-state index in [4.69, 9.17) is 0 Å². The van der Waals surface area contributed by atoms with Gasteiger partial charge in [-0.05, 0) is 47.4 Å². The summed E-state index contributed by atoms with van der Waals surface area (Å²) in [5.41, 5.74) is 4.85.